The predicted molar refractivity (Wildman–Crippen MR) is 77.6 cm³/mol. The Morgan fingerprint density at radius 1 is 1.37 bits per heavy atom. The van der Waals surface area contributed by atoms with Gasteiger partial charge in [0.1, 0.15) is 0 Å². The molecule has 1 amide bonds. The van der Waals surface area contributed by atoms with Crippen LogP contribution in [0, 0.1) is 6.92 Å². The number of aromatic nitrogens is 2. The summed E-state index contributed by atoms with van der Waals surface area (Å²) >= 11 is 6.01. The van der Waals surface area contributed by atoms with Crippen molar-refractivity contribution in [2.75, 3.05) is 5.73 Å². The maximum absolute atomic E-state index is 11.0. The Morgan fingerprint density at radius 2 is 2.00 bits per heavy atom. The van der Waals surface area contributed by atoms with E-state index in [1.54, 1.807) is 6.07 Å². The van der Waals surface area contributed by atoms with Crippen molar-refractivity contribution in [3.63, 3.8) is 0 Å². The first-order chi connectivity index (χ1) is 8.99. The smallest absolute Gasteiger partial charge is 0.271 e. The lowest BCUT2D eigenvalue weighted by Crippen LogP contribution is -2.14. The fourth-order valence-corrected chi connectivity index (χ4v) is 1.61. The number of carbonyl (C=O) groups excluding carboxylic acids is 1. The third-order valence-electron chi connectivity index (χ3n) is 2.40. The van der Waals surface area contributed by atoms with Crippen molar-refractivity contribution in [2.45, 2.75) is 20.8 Å². The molecule has 0 unspecified atom stereocenters. The summed E-state index contributed by atoms with van der Waals surface area (Å²) in [6, 6.07) is 5.44. The molecule has 4 N–H and O–H groups in total. The molecule has 0 atom stereocenters. The fourth-order valence-electron chi connectivity index (χ4n) is 1.44. The number of rotatable bonds is 2. The minimum Gasteiger partial charge on any atom is -0.396 e. The molecule has 0 aliphatic rings. The molecule has 0 aliphatic heterocycles. The number of aryl methyl sites for hydroxylation is 1. The molecule has 2 rings (SSSR count). The lowest BCUT2D eigenvalue weighted by atomic mass is 10.2. The summed E-state index contributed by atoms with van der Waals surface area (Å²) in [6.45, 7) is 5.90. The van der Waals surface area contributed by atoms with Crippen LogP contribution in [0.1, 0.15) is 29.9 Å². The third-order valence-corrected chi connectivity index (χ3v) is 2.80. The number of primary amides is 1. The molecule has 1 heterocycles. The maximum atomic E-state index is 11.0. The minimum atomic E-state index is -0.653. The molecule has 0 radical (unpaired) electrons. The van der Waals surface area contributed by atoms with Crippen LogP contribution in [0.25, 0.3) is 5.69 Å². The Hall–Kier alpha value is -2.01. The molecule has 19 heavy (non-hydrogen) atoms. The highest BCUT2D eigenvalue weighted by atomic mass is 35.5. The van der Waals surface area contributed by atoms with Crippen molar-refractivity contribution in [2.24, 2.45) is 5.73 Å². The van der Waals surface area contributed by atoms with E-state index in [1.807, 2.05) is 32.9 Å². The summed E-state index contributed by atoms with van der Waals surface area (Å²) < 4.78 is 1.47. The molecular weight excluding hydrogens is 264 g/mol. The molecule has 2 aromatic rings. The Morgan fingerprint density at radius 3 is 2.47 bits per heavy atom. The predicted octanol–water partition coefficient (Wildman–Crippen LogP) is 2.54. The van der Waals surface area contributed by atoms with Gasteiger partial charge in [0.25, 0.3) is 5.91 Å². The highest BCUT2D eigenvalue weighted by Gasteiger charge is 2.12. The summed E-state index contributed by atoms with van der Waals surface area (Å²) in [5.41, 5.74) is 12.8. The second kappa shape index (κ2) is 6.24. The van der Waals surface area contributed by atoms with E-state index in [2.05, 4.69) is 5.10 Å². The van der Waals surface area contributed by atoms with Gasteiger partial charge in [0.05, 0.1) is 17.6 Å². The van der Waals surface area contributed by atoms with Crippen LogP contribution in [0.15, 0.2) is 24.4 Å². The zero-order valence-corrected chi connectivity index (χ0v) is 11.9. The number of hydrogen-bond donors (Lipinski definition) is 2. The molecule has 0 aliphatic carbocycles. The summed E-state index contributed by atoms with van der Waals surface area (Å²) in [5.74, 6) is -0.653. The molecule has 0 saturated carbocycles. The monoisotopic (exact) mass is 280 g/mol. The topological polar surface area (TPSA) is 86.9 Å². The summed E-state index contributed by atoms with van der Waals surface area (Å²) in [4.78, 5) is 11.0. The summed E-state index contributed by atoms with van der Waals surface area (Å²) in [5, 5.41) is 4.63. The van der Waals surface area contributed by atoms with E-state index in [4.69, 9.17) is 23.1 Å². The number of nitrogens with zero attached hydrogens (tertiary/aromatic N) is 2. The van der Waals surface area contributed by atoms with Crippen molar-refractivity contribution in [3.05, 3.63) is 40.7 Å². The molecule has 0 saturated heterocycles. The summed E-state index contributed by atoms with van der Waals surface area (Å²) in [6.07, 6.45) is 1.53. The Bertz CT molecular complexity index is 592. The van der Waals surface area contributed by atoms with E-state index in [1.165, 1.54) is 10.9 Å². The number of nitrogen functional groups attached to an aromatic ring is 1. The quantitative estimate of drug-likeness (QED) is 0.886. The van der Waals surface area contributed by atoms with Crippen LogP contribution in [0.4, 0.5) is 5.69 Å². The first-order valence-electron chi connectivity index (χ1n) is 5.90. The molecular formula is C13H17ClN4O. The van der Waals surface area contributed by atoms with Gasteiger partial charge in [-0.05, 0) is 24.6 Å². The molecule has 102 valence electrons. The molecule has 0 bridgehead atoms. The van der Waals surface area contributed by atoms with Crippen molar-refractivity contribution >= 4 is 23.2 Å². The SMILES string of the molecule is CC.Cc1ccc(-n2cc(N)c(C(N)=O)n2)cc1Cl. The molecule has 6 heteroatoms. The van der Waals surface area contributed by atoms with Gasteiger partial charge in [-0.25, -0.2) is 4.68 Å². The Balaban J connectivity index is 0.000000861. The zero-order chi connectivity index (χ0) is 14.6. The van der Waals surface area contributed by atoms with Crippen molar-refractivity contribution in [1.82, 2.24) is 9.78 Å². The van der Waals surface area contributed by atoms with Gasteiger partial charge in [0.15, 0.2) is 5.69 Å². The Labute approximate surface area is 117 Å². The van der Waals surface area contributed by atoms with Gasteiger partial charge in [0.2, 0.25) is 0 Å². The van der Waals surface area contributed by atoms with Crippen LogP contribution in [0.3, 0.4) is 0 Å². The molecule has 0 spiro atoms. The minimum absolute atomic E-state index is 0.0571. The average Bonchev–Trinajstić information content (AvgIpc) is 2.77. The second-order valence-electron chi connectivity index (χ2n) is 3.68. The standard InChI is InChI=1S/C11H11ClN4O.C2H6/c1-6-2-3-7(4-8(6)12)16-5-9(13)10(15-16)11(14)17;1-2/h2-5H,13H2,1H3,(H2,14,17);1-2H3. The number of hydrogen-bond acceptors (Lipinski definition) is 3. The van der Waals surface area contributed by atoms with Crippen LogP contribution < -0.4 is 11.5 Å². The number of amides is 1. The first-order valence-corrected chi connectivity index (χ1v) is 6.28. The van der Waals surface area contributed by atoms with E-state index < -0.39 is 5.91 Å². The lowest BCUT2D eigenvalue weighted by Gasteiger charge is -2.03. The van der Waals surface area contributed by atoms with Gasteiger partial charge in [0, 0.05) is 5.02 Å². The largest absolute Gasteiger partial charge is 0.396 e. The first kappa shape index (κ1) is 15.0. The van der Waals surface area contributed by atoms with Gasteiger partial charge in [-0.3, -0.25) is 4.79 Å². The van der Waals surface area contributed by atoms with E-state index in [0.717, 1.165) is 11.3 Å². The van der Waals surface area contributed by atoms with E-state index in [9.17, 15) is 4.79 Å². The van der Waals surface area contributed by atoms with Crippen LogP contribution in [-0.4, -0.2) is 15.7 Å². The van der Waals surface area contributed by atoms with Crippen LogP contribution in [0.5, 0.6) is 0 Å². The van der Waals surface area contributed by atoms with Crippen LogP contribution >= 0.6 is 11.6 Å². The average molecular weight is 281 g/mol. The van der Waals surface area contributed by atoms with Crippen LogP contribution in [0.2, 0.25) is 5.02 Å². The van der Waals surface area contributed by atoms with Gasteiger partial charge in [-0.2, -0.15) is 5.10 Å². The molecule has 5 nitrogen and oxygen atoms in total. The number of benzene rings is 1. The van der Waals surface area contributed by atoms with Gasteiger partial charge in [-0.15, -0.1) is 0 Å². The highest BCUT2D eigenvalue weighted by Crippen LogP contribution is 2.20. The lowest BCUT2D eigenvalue weighted by molar-refractivity contribution is 0.0996. The summed E-state index contributed by atoms with van der Waals surface area (Å²) in [7, 11) is 0. The number of halogens is 1. The fraction of sp³-hybridized carbons (Fsp3) is 0.231. The van der Waals surface area contributed by atoms with E-state index in [-0.39, 0.29) is 11.4 Å². The second-order valence-corrected chi connectivity index (χ2v) is 4.08. The normalized spacial score (nSPS) is 9.68. The third kappa shape index (κ3) is 3.26. The molecule has 1 aromatic heterocycles. The van der Waals surface area contributed by atoms with E-state index >= 15 is 0 Å². The number of carbonyl (C=O) groups is 1. The number of anilines is 1. The molecule has 1 aromatic carbocycles. The van der Waals surface area contributed by atoms with E-state index in [0.29, 0.717) is 5.02 Å². The van der Waals surface area contributed by atoms with Crippen LogP contribution in [-0.2, 0) is 0 Å². The zero-order valence-electron chi connectivity index (χ0n) is 11.1. The van der Waals surface area contributed by atoms with Crippen molar-refractivity contribution in [3.8, 4) is 5.69 Å². The van der Waals surface area contributed by atoms with Crippen molar-refractivity contribution in [1.29, 1.82) is 0 Å². The Kier molecular flexibility index (Phi) is 4.94. The van der Waals surface area contributed by atoms with Gasteiger partial charge < -0.3 is 11.5 Å². The van der Waals surface area contributed by atoms with Gasteiger partial charge >= 0.3 is 0 Å². The molecule has 0 fully saturated rings. The highest BCUT2D eigenvalue weighted by molar-refractivity contribution is 6.31. The number of nitrogens with two attached hydrogens (primary N) is 2. The van der Waals surface area contributed by atoms with Gasteiger partial charge in [-0.1, -0.05) is 31.5 Å². The maximum Gasteiger partial charge on any atom is 0.271 e. The van der Waals surface area contributed by atoms with Crippen molar-refractivity contribution < 1.29 is 4.79 Å².